The van der Waals surface area contributed by atoms with E-state index in [1.54, 1.807) is 26.8 Å². The SMILES string of the molecule is CC(C)(C)C(=O)N[C@H](NC(=S)Nc1cccc(C(=O)[O-])c1)C(Cl)(Cl)Cl. The number of rotatable bonds is 4. The Labute approximate surface area is 166 Å². The molecule has 10 heteroatoms. The second-order valence-electron chi connectivity index (χ2n) is 6.16. The fourth-order valence-electron chi connectivity index (χ4n) is 1.57. The molecule has 0 saturated heterocycles. The van der Waals surface area contributed by atoms with E-state index in [2.05, 4.69) is 16.0 Å². The average molecular weight is 426 g/mol. The van der Waals surface area contributed by atoms with E-state index in [0.29, 0.717) is 5.69 Å². The van der Waals surface area contributed by atoms with Crippen LogP contribution in [-0.4, -0.2) is 26.9 Å². The van der Waals surface area contributed by atoms with Gasteiger partial charge in [0.05, 0.1) is 5.97 Å². The molecule has 0 aliphatic heterocycles. The zero-order valence-corrected chi connectivity index (χ0v) is 16.7. The number of aromatic carboxylic acids is 1. The van der Waals surface area contributed by atoms with Crippen LogP contribution >= 0.6 is 47.0 Å². The lowest BCUT2D eigenvalue weighted by Crippen LogP contribution is -2.58. The molecule has 1 amide bonds. The second kappa shape index (κ2) is 8.40. The molecule has 0 aromatic heterocycles. The fourth-order valence-corrected chi connectivity index (χ4v) is 2.13. The largest absolute Gasteiger partial charge is 0.545 e. The van der Waals surface area contributed by atoms with Crippen LogP contribution in [0.2, 0.25) is 0 Å². The number of carboxylic acid groups (broad SMARTS) is 1. The topological polar surface area (TPSA) is 93.3 Å². The Hall–Kier alpha value is -1.28. The Morgan fingerprint density at radius 2 is 1.76 bits per heavy atom. The molecule has 138 valence electrons. The molecule has 0 spiro atoms. The van der Waals surface area contributed by atoms with Gasteiger partial charge in [0.25, 0.3) is 0 Å². The summed E-state index contributed by atoms with van der Waals surface area (Å²) in [4.78, 5) is 23.0. The van der Waals surface area contributed by atoms with Crippen molar-refractivity contribution < 1.29 is 14.7 Å². The number of anilines is 1. The van der Waals surface area contributed by atoms with Crippen molar-refractivity contribution in [3.05, 3.63) is 29.8 Å². The van der Waals surface area contributed by atoms with Crippen molar-refractivity contribution in [2.24, 2.45) is 5.41 Å². The number of thiocarbonyl (C=S) groups is 1. The zero-order valence-electron chi connectivity index (χ0n) is 13.7. The summed E-state index contributed by atoms with van der Waals surface area (Å²) >= 11 is 22.8. The quantitative estimate of drug-likeness (QED) is 0.389. The Balaban J connectivity index is 2.84. The summed E-state index contributed by atoms with van der Waals surface area (Å²) in [7, 11) is 0. The Bertz CT molecular complexity index is 672. The molecule has 0 aliphatic carbocycles. The monoisotopic (exact) mass is 424 g/mol. The summed E-state index contributed by atoms with van der Waals surface area (Å²) in [5.74, 6) is -1.67. The third kappa shape index (κ3) is 7.23. The van der Waals surface area contributed by atoms with Crippen LogP contribution in [0.4, 0.5) is 5.69 Å². The van der Waals surface area contributed by atoms with Crippen molar-refractivity contribution in [1.29, 1.82) is 0 Å². The Kier molecular flexibility index (Phi) is 7.31. The maximum Gasteiger partial charge on any atom is 0.228 e. The highest BCUT2D eigenvalue weighted by Gasteiger charge is 2.36. The van der Waals surface area contributed by atoms with Crippen LogP contribution in [0.25, 0.3) is 0 Å². The minimum absolute atomic E-state index is 0.0215. The van der Waals surface area contributed by atoms with E-state index < -0.39 is 21.3 Å². The van der Waals surface area contributed by atoms with E-state index in [1.807, 2.05) is 0 Å². The normalized spacial score (nSPS) is 12.9. The van der Waals surface area contributed by atoms with Crippen LogP contribution in [0.1, 0.15) is 31.1 Å². The summed E-state index contributed by atoms with van der Waals surface area (Å²) in [6, 6.07) is 5.83. The molecule has 1 aromatic rings. The van der Waals surface area contributed by atoms with Crippen molar-refractivity contribution in [1.82, 2.24) is 10.6 Å². The number of hydrogen-bond donors (Lipinski definition) is 3. The molecule has 25 heavy (non-hydrogen) atoms. The molecule has 6 nitrogen and oxygen atoms in total. The predicted octanol–water partition coefficient (Wildman–Crippen LogP) is 2.20. The average Bonchev–Trinajstić information content (AvgIpc) is 2.44. The molecule has 0 radical (unpaired) electrons. The number of nitrogens with one attached hydrogen (secondary N) is 3. The third-order valence-electron chi connectivity index (χ3n) is 2.92. The van der Waals surface area contributed by atoms with Crippen molar-refractivity contribution in [2.45, 2.75) is 30.7 Å². The number of amides is 1. The number of carbonyl (C=O) groups is 2. The molecule has 0 heterocycles. The summed E-state index contributed by atoms with van der Waals surface area (Å²) in [6.45, 7) is 5.12. The van der Waals surface area contributed by atoms with Gasteiger partial charge < -0.3 is 25.9 Å². The predicted molar refractivity (Wildman–Crippen MR) is 102 cm³/mol. The smallest absolute Gasteiger partial charge is 0.228 e. The Morgan fingerprint density at radius 1 is 1.16 bits per heavy atom. The molecule has 0 aliphatic rings. The number of alkyl halides is 3. The highest BCUT2D eigenvalue weighted by atomic mass is 35.6. The zero-order chi connectivity index (χ0) is 19.4. The van der Waals surface area contributed by atoms with Gasteiger partial charge in [-0.05, 0) is 29.9 Å². The summed E-state index contributed by atoms with van der Waals surface area (Å²) in [6.07, 6.45) is -1.10. The molecular formula is C15H17Cl3N3O3S-. The first-order valence-corrected chi connectivity index (χ1v) is 8.61. The van der Waals surface area contributed by atoms with Crippen LogP contribution in [0.3, 0.4) is 0 Å². The highest BCUT2D eigenvalue weighted by Crippen LogP contribution is 2.30. The minimum atomic E-state index is -1.88. The summed E-state index contributed by atoms with van der Waals surface area (Å²) in [5.41, 5.74) is -0.329. The van der Waals surface area contributed by atoms with Gasteiger partial charge in [0, 0.05) is 11.1 Å². The van der Waals surface area contributed by atoms with Gasteiger partial charge in [0.1, 0.15) is 6.17 Å². The molecule has 0 fully saturated rings. The van der Waals surface area contributed by atoms with Gasteiger partial charge >= 0.3 is 0 Å². The minimum Gasteiger partial charge on any atom is -0.545 e. The van der Waals surface area contributed by atoms with Gasteiger partial charge in [-0.3, -0.25) is 4.79 Å². The standard InChI is InChI=1S/C15H18Cl3N3O3S/c1-14(2,3)12(24)20-11(15(16,17)18)21-13(25)19-9-6-4-5-8(7-9)10(22)23/h4-7,11H,1-3H3,(H,20,24)(H,22,23)(H2,19,21,25)/p-1/t11-/m1/s1. The lowest BCUT2D eigenvalue weighted by molar-refractivity contribution is -0.255. The van der Waals surface area contributed by atoms with Crippen molar-refractivity contribution >= 4 is 69.7 Å². The molecular weight excluding hydrogens is 409 g/mol. The molecule has 0 unspecified atom stereocenters. The first-order chi connectivity index (χ1) is 11.3. The number of benzene rings is 1. The molecule has 1 rings (SSSR count). The van der Waals surface area contributed by atoms with Gasteiger partial charge in [-0.1, -0.05) is 67.7 Å². The van der Waals surface area contributed by atoms with Gasteiger partial charge in [-0.15, -0.1) is 0 Å². The maximum atomic E-state index is 12.1. The van der Waals surface area contributed by atoms with E-state index in [1.165, 1.54) is 18.2 Å². The van der Waals surface area contributed by atoms with E-state index in [0.717, 1.165) is 0 Å². The summed E-state index contributed by atoms with van der Waals surface area (Å²) in [5, 5.41) is 18.9. The van der Waals surface area contributed by atoms with Gasteiger partial charge in [0.15, 0.2) is 5.11 Å². The van der Waals surface area contributed by atoms with Crippen LogP contribution in [0.15, 0.2) is 24.3 Å². The first-order valence-electron chi connectivity index (χ1n) is 7.07. The fraction of sp³-hybridized carbons (Fsp3) is 0.400. The van der Waals surface area contributed by atoms with E-state index >= 15 is 0 Å². The Morgan fingerprint density at radius 3 is 2.24 bits per heavy atom. The molecule has 0 saturated carbocycles. The van der Waals surface area contributed by atoms with Crippen molar-refractivity contribution in [3.63, 3.8) is 0 Å². The number of carbonyl (C=O) groups excluding carboxylic acids is 2. The lowest BCUT2D eigenvalue weighted by Gasteiger charge is -2.30. The lowest BCUT2D eigenvalue weighted by atomic mass is 9.95. The third-order valence-corrected chi connectivity index (χ3v) is 3.79. The van der Waals surface area contributed by atoms with Gasteiger partial charge in [-0.25, -0.2) is 0 Å². The van der Waals surface area contributed by atoms with E-state index in [4.69, 9.17) is 47.0 Å². The van der Waals surface area contributed by atoms with Gasteiger partial charge in [-0.2, -0.15) is 0 Å². The van der Waals surface area contributed by atoms with Crippen LogP contribution < -0.4 is 21.1 Å². The molecule has 3 N–H and O–H groups in total. The number of carboxylic acids is 1. The molecule has 1 aromatic carbocycles. The van der Waals surface area contributed by atoms with Crippen molar-refractivity contribution in [3.8, 4) is 0 Å². The first kappa shape index (κ1) is 21.8. The second-order valence-corrected chi connectivity index (χ2v) is 8.94. The van der Waals surface area contributed by atoms with Crippen LogP contribution in [-0.2, 0) is 4.79 Å². The van der Waals surface area contributed by atoms with Crippen LogP contribution in [0, 0.1) is 5.41 Å². The van der Waals surface area contributed by atoms with Crippen LogP contribution in [0.5, 0.6) is 0 Å². The maximum absolute atomic E-state index is 12.1. The van der Waals surface area contributed by atoms with Crippen molar-refractivity contribution in [2.75, 3.05) is 5.32 Å². The molecule has 1 atom stereocenters. The van der Waals surface area contributed by atoms with E-state index in [-0.39, 0.29) is 16.6 Å². The number of hydrogen-bond acceptors (Lipinski definition) is 4. The number of halogens is 3. The van der Waals surface area contributed by atoms with Gasteiger partial charge in [0.2, 0.25) is 9.70 Å². The molecule has 0 bridgehead atoms. The highest BCUT2D eigenvalue weighted by molar-refractivity contribution is 7.80. The summed E-state index contributed by atoms with van der Waals surface area (Å²) < 4.78 is -1.88. The van der Waals surface area contributed by atoms with E-state index in [9.17, 15) is 14.7 Å².